The number of hydrogen-bond donors (Lipinski definition) is 1. The van der Waals surface area contributed by atoms with Gasteiger partial charge in [0.15, 0.2) is 0 Å². The summed E-state index contributed by atoms with van der Waals surface area (Å²) in [5, 5.41) is -0.209. The smallest absolute Gasteiger partial charge is 0.214 e. The molecule has 0 bridgehead atoms. The largest absolute Gasteiger partial charge is 0.497 e. The SMILES string of the molecule is COc1cccc(C(CNS(=O)(=O)C2CCCC2)N2CCCCC2)c1. The number of sulfonamides is 1. The molecule has 1 saturated heterocycles. The van der Waals surface area contributed by atoms with E-state index in [1.165, 1.54) is 19.3 Å². The van der Waals surface area contributed by atoms with E-state index in [1.807, 2.05) is 18.2 Å². The zero-order valence-electron chi connectivity index (χ0n) is 15.1. The molecule has 1 aliphatic carbocycles. The summed E-state index contributed by atoms with van der Waals surface area (Å²) in [6.45, 7) is 2.48. The van der Waals surface area contributed by atoms with E-state index in [0.29, 0.717) is 6.54 Å². The first kappa shape index (κ1) is 18.7. The van der Waals surface area contributed by atoms with Crippen molar-refractivity contribution in [1.82, 2.24) is 9.62 Å². The Kier molecular flexibility index (Phi) is 6.36. The molecule has 6 heteroatoms. The summed E-state index contributed by atoms with van der Waals surface area (Å²) in [4.78, 5) is 2.41. The van der Waals surface area contributed by atoms with Gasteiger partial charge in [0, 0.05) is 12.6 Å². The second kappa shape index (κ2) is 8.52. The van der Waals surface area contributed by atoms with Gasteiger partial charge in [-0.25, -0.2) is 13.1 Å². The molecular formula is C19H30N2O3S. The Hall–Kier alpha value is -1.11. The normalized spacial score (nSPS) is 21.3. The first-order chi connectivity index (χ1) is 12.1. The molecule has 1 heterocycles. The van der Waals surface area contributed by atoms with E-state index >= 15 is 0 Å². The van der Waals surface area contributed by atoms with Crippen molar-refractivity contribution in [3.8, 4) is 5.75 Å². The number of ether oxygens (including phenoxy) is 1. The van der Waals surface area contributed by atoms with Crippen LogP contribution in [0.15, 0.2) is 24.3 Å². The van der Waals surface area contributed by atoms with E-state index in [4.69, 9.17) is 4.74 Å². The first-order valence-electron chi connectivity index (χ1n) is 9.46. The van der Waals surface area contributed by atoms with Crippen molar-refractivity contribution in [1.29, 1.82) is 0 Å². The van der Waals surface area contributed by atoms with Crippen LogP contribution in [0.5, 0.6) is 5.75 Å². The summed E-state index contributed by atoms with van der Waals surface area (Å²) in [6.07, 6.45) is 7.25. The maximum absolute atomic E-state index is 12.6. The molecule has 1 unspecified atom stereocenters. The Morgan fingerprint density at radius 1 is 1.16 bits per heavy atom. The zero-order valence-corrected chi connectivity index (χ0v) is 15.9. The molecule has 140 valence electrons. The van der Waals surface area contributed by atoms with E-state index in [1.54, 1.807) is 7.11 Å². The molecule has 2 fully saturated rings. The predicted molar refractivity (Wildman–Crippen MR) is 100 cm³/mol. The van der Waals surface area contributed by atoms with Gasteiger partial charge < -0.3 is 4.74 Å². The number of nitrogens with zero attached hydrogens (tertiary/aromatic N) is 1. The van der Waals surface area contributed by atoms with Crippen LogP contribution >= 0.6 is 0 Å². The van der Waals surface area contributed by atoms with Crippen molar-refractivity contribution in [2.45, 2.75) is 56.2 Å². The lowest BCUT2D eigenvalue weighted by Gasteiger charge is -2.35. The minimum Gasteiger partial charge on any atom is -0.497 e. The Morgan fingerprint density at radius 3 is 2.56 bits per heavy atom. The van der Waals surface area contributed by atoms with E-state index < -0.39 is 10.0 Å². The lowest BCUT2D eigenvalue weighted by Crippen LogP contribution is -2.42. The Morgan fingerprint density at radius 2 is 1.88 bits per heavy atom. The van der Waals surface area contributed by atoms with Crippen LogP contribution in [0.4, 0.5) is 0 Å². The summed E-state index contributed by atoms with van der Waals surface area (Å²) in [5.74, 6) is 0.818. The van der Waals surface area contributed by atoms with E-state index in [-0.39, 0.29) is 11.3 Å². The van der Waals surface area contributed by atoms with Crippen LogP contribution in [-0.2, 0) is 10.0 Å². The molecule has 0 aromatic heterocycles. The van der Waals surface area contributed by atoms with Crippen LogP contribution in [0.3, 0.4) is 0 Å². The highest BCUT2D eigenvalue weighted by atomic mass is 32.2. The van der Waals surface area contributed by atoms with Gasteiger partial charge in [-0.1, -0.05) is 31.4 Å². The van der Waals surface area contributed by atoms with Gasteiger partial charge in [-0.15, -0.1) is 0 Å². The van der Waals surface area contributed by atoms with Crippen LogP contribution in [0.25, 0.3) is 0 Å². The predicted octanol–water partition coefficient (Wildman–Crippen LogP) is 3.08. The minimum absolute atomic E-state index is 0.0616. The van der Waals surface area contributed by atoms with Gasteiger partial charge >= 0.3 is 0 Å². The first-order valence-corrected chi connectivity index (χ1v) is 11.0. The topological polar surface area (TPSA) is 58.6 Å². The molecule has 0 spiro atoms. The Labute approximate surface area is 151 Å². The van der Waals surface area contributed by atoms with Crippen LogP contribution in [0.1, 0.15) is 56.6 Å². The third-order valence-electron chi connectivity index (χ3n) is 5.53. The third-order valence-corrected chi connectivity index (χ3v) is 7.45. The van der Waals surface area contributed by atoms with Gasteiger partial charge in [0.05, 0.1) is 12.4 Å². The number of benzene rings is 1. The lowest BCUT2D eigenvalue weighted by atomic mass is 10.0. The zero-order chi connectivity index (χ0) is 17.7. The Balaban J connectivity index is 1.76. The van der Waals surface area contributed by atoms with Crippen molar-refractivity contribution in [2.75, 3.05) is 26.7 Å². The van der Waals surface area contributed by atoms with Gasteiger partial charge in [-0.2, -0.15) is 0 Å². The quantitative estimate of drug-likeness (QED) is 0.806. The lowest BCUT2D eigenvalue weighted by molar-refractivity contribution is 0.164. The van der Waals surface area contributed by atoms with Crippen molar-refractivity contribution in [3.63, 3.8) is 0 Å². The fraction of sp³-hybridized carbons (Fsp3) is 0.684. The van der Waals surface area contributed by atoms with Gasteiger partial charge in [0.2, 0.25) is 10.0 Å². The summed E-state index contributed by atoms with van der Waals surface area (Å²) in [5.41, 5.74) is 1.12. The molecule has 1 atom stereocenters. The van der Waals surface area contributed by atoms with Crippen molar-refractivity contribution < 1.29 is 13.2 Å². The molecule has 1 aromatic rings. The minimum atomic E-state index is -3.23. The van der Waals surface area contributed by atoms with E-state index in [9.17, 15) is 8.42 Å². The van der Waals surface area contributed by atoms with Gasteiger partial charge in [-0.3, -0.25) is 4.90 Å². The molecular weight excluding hydrogens is 336 g/mol. The molecule has 1 aromatic carbocycles. The van der Waals surface area contributed by atoms with E-state index in [0.717, 1.165) is 50.1 Å². The number of rotatable bonds is 7. The van der Waals surface area contributed by atoms with E-state index in [2.05, 4.69) is 15.7 Å². The average Bonchev–Trinajstić information content (AvgIpc) is 3.19. The van der Waals surface area contributed by atoms with Crippen LogP contribution < -0.4 is 9.46 Å². The number of methoxy groups -OCH3 is 1. The van der Waals surface area contributed by atoms with Gasteiger partial charge in [0.25, 0.3) is 0 Å². The maximum Gasteiger partial charge on any atom is 0.214 e. The molecule has 3 rings (SSSR count). The number of likely N-dealkylation sites (tertiary alicyclic amines) is 1. The highest BCUT2D eigenvalue weighted by molar-refractivity contribution is 7.90. The molecule has 0 amide bonds. The summed E-state index contributed by atoms with van der Waals surface area (Å²) >= 11 is 0. The molecule has 5 nitrogen and oxygen atoms in total. The van der Waals surface area contributed by atoms with Crippen LogP contribution in [0, 0.1) is 0 Å². The molecule has 1 aliphatic heterocycles. The van der Waals surface area contributed by atoms with Crippen LogP contribution in [0.2, 0.25) is 0 Å². The fourth-order valence-corrected chi connectivity index (χ4v) is 5.63. The Bertz CT molecular complexity index is 650. The third kappa shape index (κ3) is 4.74. The number of hydrogen-bond acceptors (Lipinski definition) is 4. The molecule has 25 heavy (non-hydrogen) atoms. The van der Waals surface area contributed by atoms with Gasteiger partial charge in [0.1, 0.15) is 5.75 Å². The highest BCUT2D eigenvalue weighted by Crippen LogP contribution is 2.28. The highest BCUT2D eigenvalue weighted by Gasteiger charge is 2.30. The summed E-state index contributed by atoms with van der Waals surface area (Å²) < 4.78 is 33.5. The second-order valence-electron chi connectivity index (χ2n) is 7.19. The average molecular weight is 367 g/mol. The summed E-state index contributed by atoms with van der Waals surface area (Å²) in [6, 6.07) is 8.08. The summed E-state index contributed by atoms with van der Waals surface area (Å²) in [7, 11) is -1.56. The number of nitrogens with one attached hydrogen (secondary N) is 1. The number of piperidine rings is 1. The van der Waals surface area contributed by atoms with Crippen molar-refractivity contribution in [2.24, 2.45) is 0 Å². The standard InChI is InChI=1S/C19H30N2O3S/c1-24-17-9-7-8-16(14-17)19(21-12-5-2-6-13-21)15-20-25(22,23)18-10-3-4-11-18/h7-9,14,18-20H,2-6,10-13,15H2,1H3. The second-order valence-corrected chi connectivity index (χ2v) is 9.23. The van der Waals surface area contributed by atoms with Crippen LogP contribution in [-0.4, -0.2) is 45.3 Å². The van der Waals surface area contributed by atoms with Crippen molar-refractivity contribution >= 4 is 10.0 Å². The van der Waals surface area contributed by atoms with Crippen molar-refractivity contribution in [3.05, 3.63) is 29.8 Å². The molecule has 1 saturated carbocycles. The monoisotopic (exact) mass is 366 g/mol. The molecule has 1 N–H and O–H groups in total. The van der Waals surface area contributed by atoms with Gasteiger partial charge in [-0.05, 0) is 56.5 Å². The fourth-order valence-electron chi connectivity index (χ4n) is 4.05. The molecule has 2 aliphatic rings. The molecule has 0 radical (unpaired) electrons. The maximum atomic E-state index is 12.6.